The summed E-state index contributed by atoms with van der Waals surface area (Å²) >= 11 is 0. The number of hydrogen-bond acceptors (Lipinski definition) is 3. The molecule has 0 radical (unpaired) electrons. The molecule has 1 N–H and O–H groups in total. The summed E-state index contributed by atoms with van der Waals surface area (Å²) in [5.74, 6) is 0. The fraction of sp³-hybridized carbons (Fsp3) is 0.389. The molecule has 2 aromatic rings. The minimum Gasteiger partial charge on any atom is -0.385 e. The second-order valence-electron chi connectivity index (χ2n) is 5.13. The van der Waals surface area contributed by atoms with E-state index in [1.807, 2.05) is 12.4 Å². The zero-order valence-electron chi connectivity index (χ0n) is 12.7. The maximum atomic E-state index is 5.08. The lowest BCUT2D eigenvalue weighted by Gasteiger charge is -2.19. The molecule has 1 atom stereocenters. The lowest BCUT2D eigenvalue weighted by molar-refractivity contribution is 0.192. The van der Waals surface area contributed by atoms with Gasteiger partial charge in [-0.05, 0) is 49.1 Å². The molecule has 0 bridgehead atoms. The second kappa shape index (κ2) is 9.27. The van der Waals surface area contributed by atoms with Crippen molar-refractivity contribution in [3.63, 3.8) is 0 Å². The highest BCUT2D eigenvalue weighted by atomic mass is 16.5. The van der Waals surface area contributed by atoms with E-state index < -0.39 is 0 Å². The van der Waals surface area contributed by atoms with Crippen LogP contribution in [-0.2, 0) is 4.74 Å². The molecule has 0 aliphatic carbocycles. The number of unbranched alkanes of at least 4 members (excludes halogenated alkanes) is 2. The van der Waals surface area contributed by atoms with Crippen LogP contribution in [0.2, 0.25) is 0 Å². The van der Waals surface area contributed by atoms with Crippen LogP contribution in [0.1, 0.15) is 36.4 Å². The van der Waals surface area contributed by atoms with Crippen molar-refractivity contribution in [1.82, 2.24) is 10.3 Å². The van der Waals surface area contributed by atoms with Crippen LogP contribution < -0.4 is 5.32 Å². The largest absolute Gasteiger partial charge is 0.385 e. The van der Waals surface area contributed by atoms with Gasteiger partial charge < -0.3 is 10.1 Å². The lowest BCUT2D eigenvalue weighted by atomic mass is 9.99. The van der Waals surface area contributed by atoms with Crippen molar-refractivity contribution in [2.75, 3.05) is 20.3 Å². The van der Waals surface area contributed by atoms with Crippen molar-refractivity contribution in [2.24, 2.45) is 0 Å². The van der Waals surface area contributed by atoms with Crippen LogP contribution in [0.3, 0.4) is 0 Å². The van der Waals surface area contributed by atoms with Crippen LogP contribution in [-0.4, -0.2) is 25.2 Å². The monoisotopic (exact) mass is 284 g/mol. The molecule has 1 heterocycles. The second-order valence-corrected chi connectivity index (χ2v) is 5.13. The smallest absolute Gasteiger partial charge is 0.0577 e. The Bertz CT molecular complexity index is 448. The van der Waals surface area contributed by atoms with E-state index in [-0.39, 0.29) is 6.04 Å². The van der Waals surface area contributed by atoms with Crippen molar-refractivity contribution >= 4 is 0 Å². The first-order chi connectivity index (χ1) is 10.4. The van der Waals surface area contributed by atoms with Gasteiger partial charge in [0.05, 0.1) is 6.04 Å². The van der Waals surface area contributed by atoms with Gasteiger partial charge in [-0.25, -0.2) is 0 Å². The van der Waals surface area contributed by atoms with E-state index in [2.05, 4.69) is 52.8 Å². The fourth-order valence-electron chi connectivity index (χ4n) is 2.42. The number of pyridine rings is 1. The summed E-state index contributed by atoms with van der Waals surface area (Å²) in [6.45, 7) is 1.86. The number of aromatic nitrogens is 1. The van der Waals surface area contributed by atoms with Gasteiger partial charge in [0.25, 0.3) is 0 Å². The van der Waals surface area contributed by atoms with Gasteiger partial charge in [-0.2, -0.15) is 0 Å². The molecule has 2 rings (SSSR count). The number of hydrogen-bond donors (Lipinski definition) is 1. The molecule has 112 valence electrons. The number of benzene rings is 1. The minimum absolute atomic E-state index is 0.233. The summed E-state index contributed by atoms with van der Waals surface area (Å²) in [6, 6.07) is 15.0. The first kappa shape index (κ1) is 15.7. The average Bonchev–Trinajstić information content (AvgIpc) is 2.56. The zero-order valence-corrected chi connectivity index (χ0v) is 12.7. The Labute approximate surface area is 127 Å². The summed E-state index contributed by atoms with van der Waals surface area (Å²) in [5, 5.41) is 3.66. The third kappa shape index (κ3) is 5.29. The summed E-state index contributed by atoms with van der Waals surface area (Å²) in [6.07, 6.45) is 7.19. The highest BCUT2D eigenvalue weighted by Gasteiger charge is 2.12. The first-order valence-electron chi connectivity index (χ1n) is 7.59. The Morgan fingerprint density at radius 2 is 1.67 bits per heavy atom. The van der Waals surface area contributed by atoms with Gasteiger partial charge >= 0.3 is 0 Å². The SMILES string of the molecule is COCCCCCNC(c1ccccc1)c1ccncc1. The van der Waals surface area contributed by atoms with Gasteiger partial charge in [0, 0.05) is 26.1 Å². The summed E-state index contributed by atoms with van der Waals surface area (Å²) in [4.78, 5) is 4.11. The first-order valence-corrected chi connectivity index (χ1v) is 7.59. The van der Waals surface area contributed by atoms with Gasteiger partial charge in [-0.3, -0.25) is 4.98 Å². The zero-order chi connectivity index (χ0) is 14.8. The van der Waals surface area contributed by atoms with E-state index in [0.29, 0.717) is 0 Å². The van der Waals surface area contributed by atoms with Gasteiger partial charge in [-0.15, -0.1) is 0 Å². The third-order valence-corrected chi connectivity index (χ3v) is 3.55. The number of nitrogens with one attached hydrogen (secondary N) is 1. The quantitative estimate of drug-likeness (QED) is 0.715. The van der Waals surface area contributed by atoms with Gasteiger partial charge in [0.1, 0.15) is 0 Å². The molecule has 3 nitrogen and oxygen atoms in total. The molecule has 0 fully saturated rings. The van der Waals surface area contributed by atoms with E-state index in [0.717, 1.165) is 26.0 Å². The van der Waals surface area contributed by atoms with Crippen LogP contribution >= 0.6 is 0 Å². The van der Waals surface area contributed by atoms with E-state index in [1.54, 1.807) is 7.11 Å². The molecule has 0 aliphatic rings. The standard InChI is InChI=1S/C18H24N2O/c1-21-15-7-3-6-12-20-18(16-8-4-2-5-9-16)17-10-13-19-14-11-17/h2,4-5,8-11,13-14,18,20H,3,6-7,12,15H2,1H3. The molecule has 3 heteroatoms. The highest BCUT2D eigenvalue weighted by Crippen LogP contribution is 2.21. The average molecular weight is 284 g/mol. The third-order valence-electron chi connectivity index (χ3n) is 3.55. The number of rotatable bonds is 9. The normalized spacial score (nSPS) is 12.2. The molecule has 0 aliphatic heterocycles. The molecule has 0 saturated carbocycles. The van der Waals surface area contributed by atoms with E-state index >= 15 is 0 Å². The molecule has 0 amide bonds. The van der Waals surface area contributed by atoms with Crippen LogP contribution in [0.15, 0.2) is 54.9 Å². The maximum Gasteiger partial charge on any atom is 0.0577 e. The van der Waals surface area contributed by atoms with Crippen molar-refractivity contribution < 1.29 is 4.74 Å². The molecule has 1 unspecified atom stereocenters. The predicted octanol–water partition coefficient (Wildman–Crippen LogP) is 3.58. The lowest BCUT2D eigenvalue weighted by Crippen LogP contribution is -2.23. The summed E-state index contributed by atoms with van der Waals surface area (Å²) in [5.41, 5.74) is 2.55. The molecular formula is C18H24N2O. The van der Waals surface area contributed by atoms with E-state index in [4.69, 9.17) is 4.74 Å². The Morgan fingerprint density at radius 1 is 0.952 bits per heavy atom. The van der Waals surface area contributed by atoms with Crippen LogP contribution in [0.4, 0.5) is 0 Å². The molecule has 1 aromatic heterocycles. The topological polar surface area (TPSA) is 34.1 Å². The van der Waals surface area contributed by atoms with Gasteiger partial charge in [0.2, 0.25) is 0 Å². The fourth-order valence-corrected chi connectivity index (χ4v) is 2.42. The van der Waals surface area contributed by atoms with Crippen molar-refractivity contribution in [3.8, 4) is 0 Å². The van der Waals surface area contributed by atoms with E-state index in [9.17, 15) is 0 Å². The summed E-state index contributed by atoms with van der Waals surface area (Å²) < 4.78 is 5.08. The van der Waals surface area contributed by atoms with Crippen molar-refractivity contribution in [1.29, 1.82) is 0 Å². The Hall–Kier alpha value is -1.71. The van der Waals surface area contributed by atoms with Crippen molar-refractivity contribution in [2.45, 2.75) is 25.3 Å². The van der Waals surface area contributed by atoms with E-state index in [1.165, 1.54) is 17.5 Å². The Balaban J connectivity index is 1.94. The predicted molar refractivity (Wildman–Crippen MR) is 86.3 cm³/mol. The molecule has 0 saturated heterocycles. The Morgan fingerprint density at radius 3 is 2.38 bits per heavy atom. The minimum atomic E-state index is 0.233. The number of methoxy groups -OCH3 is 1. The van der Waals surface area contributed by atoms with Gasteiger partial charge in [0.15, 0.2) is 0 Å². The maximum absolute atomic E-state index is 5.08. The molecular weight excluding hydrogens is 260 g/mol. The van der Waals surface area contributed by atoms with Crippen molar-refractivity contribution in [3.05, 3.63) is 66.0 Å². The number of ether oxygens (including phenoxy) is 1. The molecule has 0 spiro atoms. The van der Waals surface area contributed by atoms with Gasteiger partial charge in [-0.1, -0.05) is 30.3 Å². The Kier molecular flexibility index (Phi) is 6.92. The molecule has 1 aromatic carbocycles. The van der Waals surface area contributed by atoms with Crippen LogP contribution in [0.25, 0.3) is 0 Å². The number of nitrogens with zero attached hydrogens (tertiary/aromatic N) is 1. The molecule has 21 heavy (non-hydrogen) atoms. The highest BCUT2D eigenvalue weighted by molar-refractivity contribution is 5.30. The summed E-state index contributed by atoms with van der Waals surface area (Å²) in [7, 11) is 1.76. The van der Waals surface area contributed by atoms with Crippen LogP contribution in [0.5, 0.6) is 0 Å². The van der Waals surface area contributed by atoms with Crippen LogP contribution in [0, 0.1) is 0 Å².